The molecule has 1 aromatic rings. The Bertz CT molecular complexity index is 357. The number of benzene rings is 1. The molecule has 2 nitrogen and oxygen atoms in total. The third-order valence-electron chi connectivity index (χ3n) is 1.75. The SMILES string of the molecule is O=C(O)CCSCc1cccc(F)c1Cl. The summed E-state index contributed by atoms with van der Waals surface area (Å²) in [5.41, 5.74) is 0.701. The monoisotopic (exact) mass is 248 g/mol. The van der Waals surface area contributed by atoms with Crippen LogP contribution in [0.3, 0.4) is 0 Å². The average Bonchev–Trinajstić information content (AvgIpc) is 2.18. The fourth-order valence-corrected chi connectivity index (χ4v) is 2.20. The van der Waals surface area contributed by atoms with Crippen molar-refractivity contribution in [1.29, 1.82) is 0 Å². The Kier molecular flexibility index (Phi) is 4.91. The molecule has 0 spiro atoms. The van der Waals surface area contributed by atoms with E-state index in [1.54, 1.807) is 12.1 Å². The van der Waals surface area contributed by atoms with Crippen molar-refractivity contribution in [2.24, 2.45) is 0 Å². The van der Waals surface area contributed by atoms with Crippen molar-refractivity contribution in [1.82, 2.24) is 0 Å². The van der Waals surface area contributed by atoms with Gasteiger partial charge in [-0.15, -0.1) is 0 Å². The number of hydrogen-bond donors (Lipinski definition) is 1. The van der Waals surface area contributed by atoms with Crippen LogP contribution < -0.4 is 0 Å². The summed E-state index contributed by atoms with van der Waals surface area (Å²) < 4.78 is 13.0. The Balaban J connectivity index is 2.44. The van der Waals surface area contributed by atoms with Crippen molar-refractivity contribution in [3.8, 4) is 0 Å². The number of rotatable bonds is 5. The normalized spacial score (nSPS) is 10.3. The van der Waals surface area contributed by atoms with Gasteiger partial charge in [0.1, 0.15) is 5.82 Å². The van der Waals surface area contributed by atoms with Crippen molar-refractivity contribution in [2.75, 3.05) is 5.75 Å². The van der Waals surface area contributed by atoms with Gasteiger partial charge in [-0.05, 0) is 11.6 Å². The molecule has 0 saturated heterocycles. The van der Waals surface area contributed by atoms with E-state index in [1.807, 2.05) is 0 Å². The van der Waals surface area contributed by atoms with Crippen LogP contribution >= 0.6 is 23.4 Å². The molecule has 0 saturated carbocycles. The van der Waals surface area contributed by atoms with E-state index in [0.29, 0.717) is 17.1 Å². The first-order valence-corrected chi connectivity index (χ1v) is 5.87. The second-order valence-corrected chi connectivity index (χ2v) is 4.39. The minimum absolute atomic E-state index is 0.109. The number of hydrogen-bond acceptors (Lipinski definition) is 2. The van der Waals surface area contributed by atoms with E-state index in [4.69, 9.17) is 16.7 Å². The zero-order valence-corrected chi connectivity index (χ0v) is 9.45. The van der Waals surface area contributed by atoms with Gasteiger partial charge in [0.25, 0.3) is 0 Å². The molecular weight excluding hydrogens is 239 g/mol. The summed E-state index contributed by atoms with van der Waals surface area (Å²) in [4.78, 5) is 10.2. The van der Waals surface area contributed by atoms with Crippen LogP contribution in [-0.2, 0) is 10.5 Å². The van der Waals surface area contributed by atoms with Crippen LogP contribution in [0.4, 0.5) is 4.39 Å². The first kappa shape index (κ1) is 12.3. The second-order valence-electron chi connectivity index (χ2n) is 2.91. The minimum atomic E-state index is -0.826. The lowest BCUT2D eigenvalue weighted by Crippen LogP contribution is -1.96. The molecule has 0 aliphatic heterocycles. The highest BCUT2D eigenvalue weighted by molar-refractivity contribution is 7.98. The second kappa shape index (κ2) is 5.98. The van der Waals surface area contributed by atoms with Gasteiger partial charge in [0.05, 0.1) is 11.4 Å². The average molecular weight is 249 g/mol. The minimum Gasteiger partial charge on any atom is -0.481 e. The van der Waals surface area contributed by atoms with Crippen LogP contribution in [0, 0.1) is 5.82 Å². The van der Waals surface area contributed by atoms with E-state index in [0.717, 1.165) is 0 Å². The van der Waals surface area contributed by atoms with Crippen LogP contribution in [0.2, 0.25) is 5.02 Å². The maximum absolute atomic E-state index is 13.0. The van der Waals surface area contributed by atoms with Crippen LogP contribution in [-0.4, -0.2) is 16.8 Å². The molecule has 0 aromatic heterocycles. The Morgan fingerprint density at radius 3 is 2.93 bits per heavy atom. The molecular formula is C10H10ClFO2S. The summed E-state index contributed by atoms with van der Waals surface area (Å²) in [6, 6.07) is 4.63. The summed E-state index contributed by atoms with van der Waals surface area (Å²) in [7, 11) is 0. The number of carboxylic acid groups (broad SMARTS) is 1. The Morgan fingerprint density at radius 2 is 2.27 bits per heavy atom. The van der Waals surface area contributed by atoms with Crippen LogP contribution in [0.25, 0.3) is 0 Å². The van der Waals surface area contributed by atoms with Crippen LogP contribution in [0.15, 0.2) is 18.2 Å². The summed E-state index contributed by atoms with van der Waals surface area (Å²) in [5, 5.41) is 8.54. The smallest absolute Gasteiger partial charge is 0.304 e. The Labute approximate surface area is 96.4 Å². The molecule has 0 atom stereocenters. The third kappa shape index (κ3) is 4.10. The molecule has 0 amide bonds. The van der Waals surface area contributed by atoms with E-state index in [-0.39, 0.29) is 11.4 Å². The molecule has 82 valence electrons. The Morgan fingerprint density at radius 1 is 1.53 bits per heavy atom. The van der Waals surface area contributed by atoms with Gasteiger partial charge in [0.2, 0.25) is 0 Å². The number of carbonyl (C=O) groups is 1. The van der Waals surface area contributed by atoms with E-state index < -0.39 is 11.8 Å². The van der Waals surface area contributed by atoms with Crippen LogP contribution in [0.5, 0.6) is 0 Å². The van der Waals surface area contributed by atoms with Gasteiger partial charge in [-0.2, -0.15) is 11.8 Å². The van der Waals surface area contributed by atoms with Crippen molar-refractivity contribution in [3.63, 3.8) is 0 Å². The maximum atomic E-state index is 13.0. The molecule has 1 aromatic carbocycles. The maximum Gasteiger partial charge on any atom is 0.304 e. The highest BCUT2D eigenvalue weighted by Crippen LogP contribution is 2.23. The van der Waals surface area contributed by atoms with Crippen LogP contribution in [0.1, 0.15) is 12.0 Å². The lowest BCUT2D eigenvalue weighted by Gasteiger charge is -2.03. The van der Waals surface area contributed by atoms with E-state index in [9.17, 15) is 9.18 Å². The lowest BCUT2D eigenvalue weighted by atomic mass is 10.2. The van der Waals surface area contributed by atoms with Crippen molar-refractivity contribution >= 4 is 29.3 Å². The quantitative estimate of drug-likeness (QED) is 0.814. The van der Waals surface area contributed by atoms with Gasteiger partial charge in [-0.25, -0.2) is 4.39 Å². The molecule has 0 heterocycles. The number of carboxylic acids is 1. The van der Waals surface area contributed by atoms with Gasteiger partial charge < -0.3 is 5.11 Å². The number of aliphatic carboxylic acids is 1. The van der Waals surface area contributed by atoms with Gasteiger partial charge in [-0.3, -0.25) is 4.79 Å². The van der Waals surface area contributed by atoms with E-state index >= 15 is 0 Å². The predicted octanol–water partition coefficient (Wildman–Crippen LogP) is 3.19. The molecule has 1 N–H and O–H groups in total. The third-order valence-corrected chi connectivity index (χ3v) is 3.18. The van der Waals surface area contributed by atoms with Gasteiger partial charge in [0, 0.05) is 11.5 Å². The van der Waals surface area contributed by atoms with E-state index in [1.165, 1.54) is 17.8 Å². The summed E-state index contributed by atoms with van der Waals surface area (Å²) in [5.74, 6) is -0.229. The fourth-order valence-electron chi connectivity index (χ4n) is 1.00. The summed E-state index contributed by atoms with van der Waals surface area (Å²) in [6.07, 6.45) is 0.109. The van der Waals surface area contributed by atoms with Crippen molar-refractivity contribution in [2.45, 2.75) is 12.2 Å². The molecule has 0 fully saturated rings. The Hall–Kier alpha value is -0.740. The molecule has 0 aliphatic rings. The lowest BCUT2D eigenvalue weighted by molar-refractivity contribution is -0.136. The highest BCUT2D eigenvalue weighted by Gasteiger charge is 2.05. The molecule has 0 bridgehead atoms. The number of thioether (sulfide) groups is 1. The summed E-state index contributed by atoms with van der Waals surface area (Å²) >= 11 is 7.16. The number of halogens is 2. The first-order chi connectivity index (χ1) is 7.11. The van der Waals surface area contributed by atoms with Crippen molar-refractivity contribution < 1.29 is 14.3 Å². The van der Waals surface area contributed by atoms with Gasteiger partial charge in [-0.1, -0.05) is 23.7 Å². The zero-order valence-electron chi connectivity index (χ0n) is 7.87. The molecule has 0 radical (unpaired) electrons. The molecule has 15 heavy (non-hydrogen) atoms. The fraction of sp³-hybridized carbons (Fsp3) is 0.300. The molecule has 5 heteroatoms. The highest BCUT2D eigenvalue weighted by atomic mass is 35.5. The predicted molar refractivity (Wildman–Crippen MR) is 59.8 cm³/mol. The van der Waals surface area contributed by atoms with Crippen molar-refractivity contribution in [3.05, 3.63) is 34.6 Å². The molecule has 0 aliphatic carbocycles. The largest absolute Gasteiger partial charge is 0.481 e. The molecule has 0 unspecified atom stereocenters. The van der Waals surface area contributed by atoms with Gasteiger partial charge in [0.15, 0.2) is 0 Å². The standard InChI is InChI=1S/C10H10ClFO2S/c11-10-7(2-1-3-8(10)12)6-15-5-4-9(13)14/h1-3H,4-6H2,(H,13,14). The van der Waals surface area contributed by atoms with E-state index in [2.05, 4.69) is 0 Å². The molecule has 1 rings (SSSR count). The topological polar surface area (TPSA) is 37.3 Å². The summed E-state index contributed by atoms with van der Waals surface area (Å²) in [6.45, 7) is 0. The first-order valence-electron chi connectivity index (χ1n) is 4.33. The zero-order chi connectivity index (χ0) is 11.3. The van der Waals surface area contributed by atoms with Gasteiger partial charge >= 0.3 is 5.97 Å².